The number of halogens is 1. The molecule has 0 atom stereocenters. The van der Waals surface area contributed by atoms with Crippen molar-refractivity contribution >= 4 is 17.4 Å². The summed E-state index contributed by atoms with van der Waals surface area (Å²) < 4.78 is 0. The van der Waals surface area contributed by atoms with Crippen LogP contribution in [-0.4, -0.2) is 16.6 Å². The van der Waals surface area contributed by atoms with Crippen molar-refractivity contribution in [3.8, 4) is 0 Å². The number of ketones is 1. The van der Waals surface area contributed by atoms with E-state index in [4.69, 9.17) is 11.6 Å². The number of unbranched alkanes of at least 4 members (excludes halogenated alkanes) is 1. The fourth-order valence-electron chi connectivity index (χ4n) is 1.05. The number of hydrogen-bond acceptors (Lipinski definition) is 2. The van der Waals surface area contributed by atoms with E-state index < -0.39 is 0 Å². The van der Waals surface area contributed by atoms with E-state index in [9.17, 15) is 4.79 Å². The number of nitrogens with zero attached hydrogens (tertiary/aromatic N) is 1. The number of carbonyl (C=O) groups excluding carboxylic acids is 1. The molecule has 0 aliphatic rings. The number of rotatable bonds is 5. The maximum absolute atomic E-state index is 11.4. The zero-order valence-corrected chi connectivity index (χ0v) is 8.13. The Morgan fingerprint density at radius 2 is 2.31 bits per heavy atom. The molecule has 1 rings (SSSR count). The molecule has 0 saturated carbocycles. The molecule has 2 nitrogen and oxygen atoms in total. The van der Waals surface area contributed by atoms with E-state index in [-0.39, 0.29) is 5.78 Å². The van der Waals surface area contributed by atoms with Crippen LogP contribution in [0.5, 0.6) is 0 Å². The highest BCUT2D eigenvalue weighted by molar-refractivity contribution is 6.17. The van der Waals surface area contributed by atoms with E-state index in [0.29, 0.717) is 17.9 Å². The zero-order valence-electron chi connectivity index (χ0n) is 7.37. The van der Waals surface area contributed by atoms with Crippen LogP contribution in [0.2, 0.25) is 0 Å². The summed E-state index contributed by atoms with van der Waals surface area (Å²) in [5, 5.41) is 0. The summed E-state index contributed by atoms with van der Waals surface area (Å²) in [5.74, 6) is 0.776. The van der Waals surface area contributed by atoms with Gasteiger partial charge in [-0.25, -0.2) is 0 Å². The van der Waals surface area contributed by atoms with Gasteiger partial charge in [-0.3, -0.25) is 9.78 Å². The fourth-order valence-corrected chi connectivity index (χ4v) is 1.24. The van der Waals surface area contributed by atoms with Crippen molar-refractivity contribution in [1.82, 2.24) is 4.98 Å². The Balaban J connectivity index is 2.40. The first-order chi connectivity index (χ1) is 6.34. The van der Waals surface area contributed by atoms with Gasteiger partial charge in [-0.1, -0.05) is 0 Å². The largest absolute Gasteiger partial charge is 0.294 e. The summed E-state index contributed by atoms with van der Waals surface area (Å²) in [6, 6.07) is 3.56. The van der Waals surface area contributed by atoms with Gasteiger partial charge in [-0.05, 0) is 25.0 Å². The molecule has 3 heteroatoms. The molecule has 0 unspecified atom stereocenters. The Hall–Kier alpha value is -0.890. The van der Waals surface area contributed by atoms with Crippen molar-refractivity contribution in [2.45, 2.75) is 19.3 Å². The van der Waals surface area contributed by atoms with Crippen molar-refractivity contribution in [2.24, 2.45) is 0 Å². The van der Waals surface area contributed by atoms with Crippen molar-refractivity contribution in [3.63, 3.8) is 0 Å². The van der Waals surface area contributed by atoms with E-state index in [1.54, 1.807) is 24.5 Å². The number of alkyl halides is 1. The molecular weight excluding hydrogens is 186 g/mol. The minimum atomic E-state index is 0.151. The van der Waals surface area contributed by atoms with Gasteiger partial charge in [-0.2, -0.15) is 0 Å². The lowest BCUT2D eigenvalue weighted by Gasteiger charge is -1.98. The van der Waals surface area contributed by atoms with E-state index in [0.717, 1.165) is 12.8 Å². The molecule has 1 aromatic rings. The van der Waals surface area contributed by atoms with Gasteiger partial charge in [0.25, 0.3) is 0 Å². The monoisotopic (exact) mass is 197 g/mol. The Kier molecular flexibility index (Phi) is 4.47. The highest BCUT2D eigenvalue weighted by Crippen LogP contribution is 2.05. The average molecular weight is 198 g/mol. The Morgan fingerprint density at radius 1 is 1.46 bits per heavy atom. The molecule has 70 valence electrons. The molecular formula is C10H12ClNO. The summed E-state index contributed by atoms with van der Waals surface area (Å²) >= 11 is 5.51. The van der Waals surface area contributed by atoms with Crippen LogP contribution in [-0.2, 0) is 0 Å². The van der Waals surface area contributed by atoms with Crippen molar-refractivity contribution < 1.29 is 4.79 Å². The molecule has 0 fully saturated rings. The van der Waals surface area contributed by atoms with Gasteiger partial charge in [0.1, 0.15) is 0 Å². The molecule has 0 aliphatic heterocycles. The third-order valence-corrected chi connectivity index (χ3v) is 2.04. The van der Waals surface area contributed by atoms with Crippen LogP contribution in [0.15, 0.2) is 24.5 Å². The van der Waals surface area contributed by atoms with Crippen LogP contribution >= 0.6 is 11.6 Å². The standard InChI is InChI=1S/C10H12ClNO/c11-6-2-1-5-10(13)9-4-3-7-12-8-9/h3-4,7-8H,1-2,5-6H2. The van der Waals surface area contributed by atoms with E-state index in [2.05, 4.69) is 4.98 Å². The van der Waals surface area contributed by atoms with Crippen molar-refractivity contribution in [1.29, 1.82) is 0 Å². The third kappa shape index (κ3) is 3.55. The molecule has 0 bridgehead atoms. The first kappa shape index (κ1) is 10.2. The minimum Gasteiger partial charge on any atom is -0.294 e. The van der Waals surface area contributed by atoms with Gasteiger partial charge in [0.15, 0.2) is 5.78 Å². The lowest BCUT2D eigenvalue weighted by molar-refractivity contribution is 0.0979. The lowest BCUT2D eigenvalue weighted by Crippen LogP contribution is -1.99. The molecule has 0 saturated heterocycles. The topological polar surface area (TPSA) is 30.0 Å². The number of pyridine rings is 1. The summed E-state index contributed by atoms with van der Waals surface area (Å²) in [6.07, 6.45) is 5.59. The molecule has 1 aromatic heterocycles. The summed E-state index contributed by atoms with van der Waals surface area (Å²) in [5.41, 5.74) is 0.692. The second-order valence-electron chi connectivity index (χ2n) is 2.81. The van der Waals surface area contributed by atoms with Gasteiger partial charge in [0.2, 0.25) is 0 Å². The van der Waals surface area contributed by atoms with Crippen LogP contribution in [0.25, 0.3) is 0 Å². The van der Waals surface area contributed by atoms with Gasteiger partial charge >= 0.3 is 0 Å². The normalized spacial score (nSPS) is 9.92. The molecule has 0 aromatic carbocycles. The molecule has 0 amide bonds. The minimum absolute atomic E-state index is 0.151. The summed E-state index contributed by atoms with van der Waals surface area (Å²) in [6.45, 7) is 0. The van der Waals surface area contributed by atoms with Crippen LogP contribution in [0.3, 0.4) is 0 Å². The quantitative estimate of drug-likeness (QED) is 0.413. The highest BCUT2D eigenvalue weighted by Gasteiger charge is 2.03. The zero-order chi connectivity index (χ0) is 9.52. The Labute approximate surface area is 82.9 Å². The van der Waals surface area contributed by atoms with Crippen molar-refractivity contribution in [2.75, 3.05) is 5.88 Å². The SMILES string of the molecule is O=C(CCCCCl)c1cccnc1. The highest BCUT2D eigenvalue weighted by atomic mass is 35.5. The molecule has 0 aliphatic carbocycles. The van der Waals surface area contributed by atoms with Crippen LogP contribution in [0.1, 0.15) is 29.6 Å². The van der Waals surface area contributed by atoms with Gasteiger partial charge in [0, 0.05) is 30.3 Å². The number of carbonyl (C=O) groups is 1. The summed E-state index contributed by atoms with van der Waals surface area (Å²) in [7, 11) is 0. The molecule has 0 N–H and O–H groups in total. The average Bonchev–Trinajstić information content (AvgIpc) is 2.19. The molecule has 1 heterocycles. The van der Waals surface area contributed by atoms with Gasteiger partial charge < -0.3 is 0 Å². The maximum atomic E-state index is 11.4. The molecule has 0 radical (unpaired) electrons. The van der Waals surface area contributed by atoms with Crippen LogP contribution < -0.4 is 0 Å². The van der Waals surface area contributed by atoms with Gasteiger partial charge in [0.05, 0.1) is 0 Å². The predicted octanol–water partition coefficient (Wildman–Crippen LogP) is 2.67. The lowest BCUT2D eigenvalue weighted by atomic mass is 10.1. The van der Waals surface area contributed by atoms with Crippen molar-refractivity contribution in [3.05, 3.63) is 30.1 Å². The number of Topliss-reactive ketones (excluding diaryl/α,β-unsaturated/α-hetero) is 1. The first-order valence-electron chi connectivity index (χ1n) is 4.34. The number of aromatic nitrogens is 1. The second kappa shape index (κ2) is 5.70. The smallest absolute Gasteiger partial charge is 0.164 e. The second-order valence-corrected chi connectivity index (χ2v) is 3.19. The number of hydrogen-bond donors (Lipinski definition) is 0. The Bertz CT molecular complexity index is 261. The molecule has 0 spiro atoms. The summed E-state index contributed by atoms with van der Waals surface area (Å²) in [4.78, 5) is 15.3. The predicted molar refractivity (Wildman–Crippen MR) is 53.1 cm³/mol. The third-order valence-electron chi connectivity index (χ3n) is 1.77. The van der Waals surface area contributed by atoms with Crippen LogP contribution in [0.4, 0.5) is 0 Å². The fraction of sp³-hybridized carbons (Fsp3) is 0.400. The van der Waals surface area contributed by atoms with Gasteiger partial charge in [-0.15, -0.1) is 11.6 Å². The van der Waals surface area contributed by atoms with E-state index >= 15 is 0 Å². The maximum Gasteiger partial charge on any atom is 0.164 e. The first-order valence-corrected chi connectivity index (χ1v) is 4.87. The van der Waals surface area contributed by atoms with E-state index in [1.807, 2.05) is 0 Å². The Morgan fingerprint density at radius 3 is 2.92 bits per heavy atom. The van der Waals surface area contributed by atoms with E-state index in [1.165, 1.54) is 0 Å². The molecule has 13 heavy (non-hydrogen) atoms. The van der Waals surface area contributed by atoms with Crippen LogP contribution in [0, 0.1) is 0 Å².